The summed E-state index contributed by atoms with van der Waals surface area (Å²) in [5.41, 5.74) is 1.41. The maximum Gasteiger partial charge on any atom is 0.0214 e. The van der Waals surface area contributed by atoms with Crippen molar-refractivity contribution < 1.29 is 0 Å². The predicted octanol–water partition coefficient (Wildman–Crippen LogP) is 4.90. The third kappa shape index (κ3) is 3.81. The molecule has 0 radical (unpaired) electrons. The van der Waals surface area contributed by atoms with Crippen LogP contribution in [0.3, 0.4) is 0 Å². The molecule has 0 aliphatic heterocycles. The van der Waals surface area contributed by atoms with Gasteiger partial charge >= 0.3 is 0 Å². The largest absolute Gasteiger partial charge is 0.310 e. The summed E-state index contributed by atoms with van der Waals surface area (Å²) in [5.74, 6) is 0. The third-order valence-electron chi connectivity index (χ3n) is 3.86. The lowest BCUT2D eigenvalue weighted by molar-refractivity contribution is 0.453. The highest BCUT2D eigenvalue weighted by molar-refractivity contribution is 5.85. The molecule has 1 N–H and O–H groups in total. The highest BCUT2D eigenvalue weighted by Gasteiger charge is 2.06. The van der Waals surface area contributed by atoms with Gasteiger partial charge in [-0.25, -0.2) is 0 Å². The molecule has 0 aliphatic carbocycles. The van der Waals surface area contributed by atoms with Gasteiger partial charge in [0.25, 0.3) is 0 Å². The van der Waals surface area contributed by atoms with Crippen LogP contribution in [0.2, 0.25) is 0 Å². The van der Waals surface area contributed by atoms with Crippen molar-refractivity contribution in [1.82, 2.24) is 5.32 Å². The van der Waals surface area contributed by atoms with E-state index in [0.29, 0.717) is 6.04 Å². The van der Waals surface area contributed by atoms with Crippen molar-refractivity contribution in [2.75, 3.05) is 0 Å². The van der Waals surface area contributed by atoms with Gasteiger partial charge in [0.15, 0.2) is 0 Å². The van der Waals surface area contributed by atoms with Gasteiger partial charge in [-0.1, -0.05) is 69.2 Å². The summed E-state index contributed by atoms with van der Waals surface area (Å²) in [6.07, 6.45) is 5.11. The van der Waals surface area contributed by atoms with E-state index in [0.717, 1.165) is 6.54 Å². The monoisotopic (exact) mass is 255 g/mol. The van der Waals surface area contributed by atoms with Crippen molar-refractivity contribution in [3.8, 4) is 0 Å². The Morgan fingerprint density at radius 3 is 2.58 bits per heavy atom. The second-order valence-corrected chi connectivity index (χ2v) is 5.27. The van der Waals surface area contributed by atoms with Crippen LogP contribution in [-0.4, -0.2) is 6.04 Å². The zero-order valence-electron chi connectivity index (χ0n) is 12.2. The average Bonchev–Trinajstić information content (AvgIpc) is 2.47. The number of rotatable bonds is 7. The summed E-state index contributed by atoms with van der Waals surface area (Å²) in [6, 6.07) is 15.9. The quantitative estimate of drug-likeness (QED) is 0.742. The molecular formula is C18H25N. The zero-order chi connectivity index (χ0) is 13.5. The lowest BCUT2D eigenvalue weighted by atomic mass is 10.0. The summed E-state index contributed by atoms with van der Waals surface area (Å²) in [6.45, 7) is 5.51. The van der Waals surface area contributed by atoms with Gasteiger partial charge in [-0.2, -0.15) is 0 Å². The first-order chi connectivity index (χ1) is 9.35. The molecule has 0 heterocycles. The van der Waals surface area contributed by atoms with Crippen LogP contribution in [0.15, 0.2) is 42.5 Å². The van der Waals surface area contributed by atoms with E-state index in [1.807, 2.05) is 0 Å². The predicted molar refractivity (Wildman–Crippen MR) is 84.4 cm³/mol. The van der Waals surface area contributed by atoms with Gasteiger partial charge in [-0.05, 0) is 29.2 Å². The minimum atomic E-state index is 0.652. The molecule has 0 amide bonds. The summed E-state index contributed by atoms with van der Waals surface area (Å²) in [5, 5.41) is 6.43. The Bertz CT molecular complexity index is 499. The molecule has 0 spiro atoms. The van der Waals surface area contributed by atoms with Crippen LogP contribution in [0.25, 0.3) is 10.8 Å². The Kier molecular flexibility index (Phi) is 5.41. The van der Waals surface area contributed by atoms with Gasteiger partial charge in [0, 0.05) is 12.6 Å². The first-order valence-electron chi connectivity index (χ1n) is 7.55. The first-order valence-corrected chi connectivity index (χ1v) is 7.55. The normalized spacial score (nSPS) is 12.7. The number of nitrogens with one attached hydrogen (secondary N) is 1. The number of unbranched alkanes of at least 4 members (excludes halogenated alkanes) is 1. The Labute approximate surface area is 117 Å². The van der Waals surface area contributed by atoms with Crippen molar-refractivity contribution in [2.45, 2.75) is 52.1 Å². The second-order valence-electron chi connectivity index (χ2n) is 5.27. The number of fused-ring (bicyclic) bond motifs is 1. The van der Waals surface area contributed by atoms with Crippen LogP contribution < -0.4 is 5.32 Å². The second kappa shape index (κ2) is 7.30. The molecule has 1 unspecified atom stereocenters. The van der Waals surface area contributed by atoms with Gasteiger partial charge in [0.05, 0.1) is 0 Å². The van der Waals surface area contributed by atoms with Gasteiger partial charge in [0.1, 0.15) is 0 Å². The van der Waals surface area contributed by atoms with E-state index in [2.05, 4.69) is 61.6 Å². The first kappa shape index (κ1) is 14.1. The molecule has 0 aliphatic rings. The smallest absolute Gasteiger partial charge is 0.0214 e. The molecule has 19 heavy (non-hydrogen) atoms. The van der Waals surface area contributed by atoms with Crippen molar-refractivity contribution in [3.63, 3.8) is 0 Å². The molecule has 0 fully saturated rings. The van der Waals surface area contributed by atoms with Crippen LogP contribution in [-0.2, 0) is 6.54 Å². The fraction of sp³-hybridized carbons (Fsp3) is 0.444. The lowest BCUT2D eigenvalue weighted by Crippen LogP contribution is -2.27. The summed E-state index contributed by atoms with van der Waals surface area (Å²) in [7, 11) is 0. The van der Waals surface area contributed by atoms with Crippen molar-refractivity contribution in [1.29, 1.82) is 0 Å². The molecule has 0 aromatic heterocycles. The van der Waals surface area contributed by atoms with Crippen LogP contribution in [0.1, 0.15) is 45.1 Å². The standard InChI is InChI=1S/C18H25N/c1-3-5-12-17(4-2)19-14-16-11-8-10-15-9-6-7-13-18(15)16/h6-11,13,17,19H,3-5,12,14H2,1-2H3. The Balaban J connectivity index is 2.04. The molecule has 0 saturated heterocycles. The van der Waals surface area contributed by atoms with E-state index < -0.39 is 0 Å². The molecule has 0 saturated carbocycles. The van der Waals surface area contributed by atoms with Crippen molar-refractivity contribution in [2.24, 2.45) is 0 Å². The van der Waals surface area contributed by atoms with Crippen LogP contribution in [0, 0.1) is 0 Å². The van der Waals surface area contributed by atoms with E-state index in [-0.39, 0.29) is 0 Å². The molecule has 0 bridgehead atoms. The van der Waals surface area contributed by atoms with E-state index in [1.165, 1.54) is 42.0 Å². The molecule has 2 aromatic carbocycles. The minimum absolute atomic E-state index is 0.652. The Morgan fingerprint density at radius 1 is 1.00 bits per heavy atom. The number of benzene rings is 2. The van der Waals surface area contributed by atoms with Gasteiger partial charge in [0.2, 0.25) is 0 Å². The fourth-order valence-corrected chi connectivity index (χ4v) is 2.60. The SMILES string of the molecule is CCCCC(CC)NCc1cccc2ccccc12. The molecule has 1 atom stereocenters. The summed E-state index contributed by atoms with van der Waals surface area (Å²) in [4.78, 5) is 0. The minimum Gasteiger partial charge on any atom is -0.310 e. The molecule has 1 nitrogen and oxygen atoms in total. The Morgan fingerprint density at radius 2 is 1.79 bits per heavy atom. The highest BCUT2D eigenvalue weighted by Crippen LogP contribution is 2.18. The van der Waals surface area contributed by atoms with Crippen LogP contribution >= 0.6 is 0 Å². The summed E-state index contributed by atoms with van der Waals surface area (Å²) >= 11 is 0. The van der Waals surface area contributed by atoms with Crippen LogP contribution in [0.4, 0.5) is 0 Å². The molecular weight excluding hydrogens is 230 g/mol. The van der Waals surface area contributed by atoms with Gasteiger partial charge < -0.3 is 5.32 Å². The van der Waals surface area contributed by atoms with Crippen molar-refractivity contribution >= 4 is 10.8 Å². The maximum atomic E-state index is 3.71. The van der Waals surface area contributed by atoms with E-state index in [9.17, 15) is 0 Å². The zero-order valence-corrected chi connectivity index (χ0v) is 12.2. The van der Waals surface area contributed by atoms with E-state index in [1.54, 1.807) is 0 Å². The molecule has 102 valence electrons. The number of hydrogen-bond acceptors (Lipinski definition) is 1. The third-order valence-corrected chi connectivity index (χ3v) is 3.86. The molecule has 1 heteroatoms. The molecule has 2 rings (SSSR count). The summed E-state index contributed by atoms with van der Waals surface area (Å²) < 4.78 is 0. The average molecular weight is 255 g/mol. The fourth-order valence-electron chi connectivity index (χ4n) is 2.60. The Hall–Kier alpha value is -1.34. The van der Waals surface area contributed by atoms with Gasteiger partial charge in [-0.15, -0.1) is 0 Å². The lowest BCUT2D eigenvalue weighted by Gasteiger charge is -2.17. The topological polar surface area (TPSA) is 12.0 Å². The highest BCUT2D eigenvalue weighted by atomic mass is 14.9. The van der Waals surface area contributed by atoms with Gasteiger partial charge in [-0.3, -0.25) is 0 Å². The molecule has 2 aromatic rings. The van der Waals surface area contributed by atoms with E-state index in [4.69, 9.17) is 0 Å². The maximum absolute atomic E-state index is 3.71. The number of hydrogen-bond donors (Lipinski definition) is 1. The van der Waals surface area contributed by atoms with Crippen LogP contribution in [0.5, 0.6) is 0 Å². The van der Waals surface area contributed by atoms with E-state index >= 15 is 0 Å². The van der Waals surface area contributed by atoms with Crippen molar-refractivity contribution in [3.05, 3.63) is 48.0 Å².